The number of nitrogen functional groups attached to an aromatic ring is 1. The van der Waals surface area contributed by atoms with Crippen LogP contribution in [-0.4, -0.2) is 70.3 Å². The molecule has 2 fully saturated rings. The van der Waals surface area contributed by atoms with Crippen molar-refractivity contribution in [2.45, 2.75) is 78.3 Å². The van der Waals surface area contributed by atoms with E-state index in [1.165, 1.54) is 16.8 Å². The second kappa shape index (κ2) is 14.4. The number of aryl methyl sites for hydroxylation is 2. The summed E-state index contributed by atoms with van der Waals surface area (Å²) in [5, 5.41) is 7.74. The Morgan fingerprint density at radius 2 is 1.76 bits per heavy atom. The standard InChI is InChI=1S/C37H44F3N7O4/c1-6-49-34(48)28-20-36(21-42-28)12-15-46(16-13-36)31-19-32(44-35(41)43-31)51-33(37(38,39)40)27-9-7-26(18-29(27)47-14-11-24(5)45-47)25-8-10-30(23(4)17-25)50-22(2)3/h7-11,14,17-19,22,28,33,42H,6,12-13,15-16,20-21H2,1-5H3,(H2,41,43,44)/t28-,33+/m0/s1. The molecule has 2 saturated heterocycles. The van der Waals surface area contributed by atoms with Gasteiger partial charge in [0.15, 0.2) is 0 Å². The number of carbonyl (C=O) groups is 1. The van der Waals surface area contributed by atoms with Crippen molar-refractivity contribution in [2.24, 2.45) is 5.41 Å². The zero-order valence-electron chi connectivity index (χ0n) is 29.5. The number of ether oxygens (including phenoxy) is 3. The highest BCUT2D eigenvalue weighted by Crippen LogP contribution is 2.43. The van der Waals surface area contributed by atoms with E-state index in [2.05, 4.69) is 20.4 Å². The van der Waals surface area contributed by atoms with E-state index in [1.807, 2.05) is 43.9 Å². The first-order valence-corrected chi connectivity index (χ1v) is 17.2. The van der Waals surface area contributed by atoms with Crippen molar-refractivity contribution in [1.82, 2.24) is 25.1 Å². The number of nitrogens with zero attached hydrogens (tertiary/aromatic N) is 5. The first-order valence-electron chi connectivity index (χ1n) is 17.2. The minimum Gasteiger partial charge on any atom is -0.491 e. The number of esters is 1. The molecule has 272 valence electrons. The van der Waals surface area contributed by atoms with E-state index in [0.717, 1.165) is 29.7 Å². The Morgan fingerprint density at radius 3 is 2.41 bits per heavy atom. The van der Waals surface area contributed by atoms with E-state index in [9.17, 15) is 18.0 Å². The van der Waals surface area contributed by atoms with Gasteiger partial charge in [0.25, 0.3) is 0 Å². The number of benzene rings is 2. The third-order valence-electron chi connectivity index (χ3n) is 9.48. The summed E-state index contributed by atoms with van der Waals surface area (Å²) in [6, 6.07) is 13.2. The van der Waals surface area contributed by atoms with E-state index in [4.69, 9.17) is 19.9 Å². The maximum atomic E-state index is 15.0. The van der Waals surface area contributed by atoms with Crippen LogP contribution < -0.4 is 25.4 Å². The Labute approximate surface area is 295 Å². The molecule has 0 amide bonds. The van der Waals surface area contributed by atoms with Crippen molar-refractivity contribution in [1.29, 1.82) is 0 Å². The molecule has 0 aliphatic carbocycles. The fourth-order valence-electron chi connectivity index (χ4n) is 6.91. The van der Waals surface area contributed by atoms with Gasteiger partial charge in [-0.3, -0.25) is 4.79 Å². The normalized spacial score (nSPS) is 17.9. The SMILES string of the molecule is CCOC(=O)[C@@H]1CC2(CCN(c3cc(O[C@H](c4ccc(-c5ccc(OC(C)C)c(C)c5)cc4-n4ccc(C)n4)C(F)(F)F)nc(N)n3)CC2)CN1. The van der Waals surface area contributed by atoms with Gasteiger partial charge in [0.2, 0.25) is 17.9 Å². The second-order valence-corrected chi connectivity index (χ2v) is 13.7. The maximum absolute atomic E-state index is 15.0. The minimum atomic E-state index is -4.83. The monoisotopic (exact) mass is 707 g/mol. The molecule has 4 aromatic rings. The van der Waals surface area contributed by atoms with Gasteiger partial charge in [-0.15, -0.1) is 0 Å². The number of piperidine rings is 1. The third kappa shape index (κ3) is 8.06. The van der Waals surface area contributed by atoms with Gasteiger partial charge >= 0.3 is 12.1 Å². The van der Waals surface area contributed by atoms with Gasteiger partial charge in [0.1, 0.15) is 17.6 Å². The largest absolute Gasteiger partial charge is 0.491 e. The van der Waals surface area contributed by atoms with E-state index in [1.54, 1.807) is 38.2 Å². The number of nitrogens with one attached hydrogen (secondary N) is 1. The Kier molecular flexibility index (Phi) is 10.2. The number of aromatic nitrogens is 4. The van der Waals surface area contributed by atoms with Crippen molar-refractivity contribution >= 4 is 17.7 Å². The maximum Gasteiger partial charge on any atom is 0.429 e. The van der Waals surface area contributed by atoms with E-state index in [-0.39, 0.29) is 46.6 Å². The quantitative estimate of drug-likeness (QED) is 0.176. The third-order valence-corrected chi connectivity index (χ3v) is 9.48. The number of rotatable bonds is 10. The highest BCUT2D eigenvalue weighted by molar-refractivity contribution is 5.76. The lowest BCUT2D eigenvalue weighted by atomic mass is 9.76. The van der Waals surface area contributed by atoms with Crippen molar-refractivity contribution in [3.8, 4) is 28.4 Å². The number of anilines is 2. The summed E-state index contributed by atoms with van der Waals surface area (Å²) in [5.74, 6) is 0.368. The Bertz CT molecular complexity index is 1870. The fraction of sp³-hybridized carbons (Fsp3) is 0.459. The van der Waals surface area contributed by atoms with E-state index < -0.39 is 12.3 Å². The van der Waals surface area contributed by atoms with Gasteiger partial charge in [-0.25, -0.2) is 4.68 Å². The van der Waals surface area contributed by atoms with Crippen molar-refractivity contribution < 1.29 is 32.2 Å². The van der Waals surface area contributed by atoms with Crippen molar-refractivity contribution in [3.05, 3.63) is 71.5 Å². The molecule has 11 nitrogen and oxygen atoms in total. The number of halogens is 3. The lowest BCUT2D eigenvalue weighted by molar-refractivity contribution is -0.198. The van der Waals surface area contributed by atoms with Crippen LogP contribution >= 0.6 is 0 Å². The predicted molar refractivity (Wildman–Crippen MR) is 187 cm³/mol. The first-order chi connectivity index (χ1) is 24.2. The van der Waals surface area contributed by atoms with Gasteiger partial charge < -0.3 is 30.2 Å². The molecule has 3 N–H and O–H groups in total. The summed E-state index contributed by atoms with van der Waals surface area (Å²) < 4.78 is 63.2. The topological polar surface area (TPSA) is 130 Å². The van der Waals surface area contributed by atoms with Crippen LogP contribution in [0.3, 0.4) is 0 Å². The summed E-state index contributed by atoms with van der Waals surface area (Å²) in [6.45, 7) is 11.5. The highest BCUT2D eigenvalue weighted by Gasteiger charge is 2.46. The Hall–Kier alpha value is -4.85. The van der Waals surface area contributed by atoms with Gasteiger partial charge in [-0.05, 0) is 100 Å². The van der Waals surface area contributed by atoms with Crippen LogP contribution in [0.4, 0.5) is 24.9 Å². The zero-order valence-corrected chi connectivity index (χ0v) is 29.5. The van der Waals surface area contributed by atoms with Crippen LogP contribution in [0.5, 0.6) is 11.6 Å². The molecule has 51 heavy (non-hydrogen) atoms. The van der Waals surface area contributed by atoms with Crippen LogP contribution in [-0.2, 0) is 9.53 Å². The molecular formula is C37H44F3N7O4. The lowest BCUT2D eigenvalue weighted by Gasteiger charge is -2.39. The second-order valence-electron chi connectivity index (χ2n) is 13.7. The lowest BCUT2D eigenvalue weighted by Crippen LogP contribution is -2.41. The molecule has 0 unspecified atom stereocenters. The highest BCUT2D eigenvalue weighted by atomic mass is 19.4. The average molecular weight is 708 g/mol. The zero-order chi connectivity index (χ0) is 36.5. The molecule has 0 radical (unpaired) electrons. The molecule has 0 bridgehead atoms. The summed E-state index contributed by atoms with van der Waals surface area (Å²) in [6.07, 6.45) is -3.42. The molecule has 2 aliphatic rings. The van der Waals surface area contributed by atoms with Crippen LogP contribution in [0.2, 0.25) is 0 Å². The summed E-state index contributed by atoms with van der Waals surface area (Å²) in [7, 11) is 0. The van der Waals surface area contributed by atoms with Crippen LogP contribution in [0.15, 0.2) is 54.7 Å². The Morgan fingerprint density at radius 1 is 1.04 bits per heavy atom. The first kappa shape index (κ1) is 36.0. The molecule has 2 aliphatic heterocycles. The van der Waals surface area contributed by atoms with Gasteiger partial charge in [0, 0.05) is 37.5 Å². The van der Waals surface area contributed by atoms with Crippen LogP contribution in [0.1, 0.15) is 63.0 Å². The van der Waals surface area contributed by atoms with Gasteiger partial charge in [-0.2, -0.15) is 28.2 Å². The summed E-state index contributed by atoms with van der Waals surface area (Å²) >= 11 is 0. The number of nitrogens with two attached hydrogens (primary N) is 1. The molecule has 2 atom stereocenters. The molecule has 2 aromatic heterocycles. The molecule has 1 spiro atoms. The fourth-order valence-corrected chi connectivity index (χ4v) is 6.91. The van der Waals surface area contributed by atoms with Gasteiger partial charge in [-0.1, -0.05) is 18.2 Å². The summed E-state index contributed by atoms with van der Waals surface area (Å²) in [4.78, 5) is 22.7. The van der Waals surface area contributed by atoms with E-state index in [0.29, 0.717) is 49.7 Å². The van der Waals surface area contributed by atoms with E-state index >= 15 is 0 Å². The molecule has 4 heterocycles. The smallest absolute Gasteiger partial charge is 0.429 e. The molecule has 2 aromatic carbocycles. The van der Waals surface area contributed by atoms with Crippen molar-refractivity contribution in [3.63, 3.8) is 0 Å². The predicted octanol–water partition coefficient (Wildman–Crippen LogP) is 6.51. The van der Waals surface area contributed by atoms with Gasteiger partial charge in [0.05, 0.1) is 24.1 Å². The van der Waals surface area contributed by atoms with Crippen LogP contribution in [0, 0.1) is 19.3 Å². The molecule has 14 heteroatoms. The van der Waals surface area contributed by atoms with Crippen LogP contribution in [0.25, 0.3) is 16.8 Å². The molecule has 0 saturated carbocycles. The summed E-state index contributed by atoms with van der Waals surface area (Å²) in [5.41, 5.74) is 9.08. The average Bonchev–Trinajstić information content (AvgIpc) is 3.70. The molecular weight excluding hydrogens is 663 g/mol. The Balaban J connectivity index is 1.28. The molecule has 6 rings (SSSR count). The number of carbonyl (C=O) groups excluding carboxylic acids is 1. The number of hydrogen-bond donors (Lipinski definition) is 2. The number of hydrogen-bond acceptors (Lipinski definition) is 10. The number of alkyl halides is 3. The van der Waals surface area contributed by atoms with Crippen molar-refractivity contribution in [2.75, 3.05) is 36.9 Å². The minimum absolute atomic E-state index is 0.00208.